The van der Waals surface area contributed by atoms with Crippen molar-refractivity contribution in [1.29, 1.82) is 0 Å². The maximum absolute atomic E-state index is 13.8. The van der Waals surface area contributed by atoms with Gasteiger partial charge in [0.2, 0.25) is 0 Å². The van der Waals surface area contributed by atoms with Gasteiger partial charge >= 0.3 is 0 Å². The Kier molecular flexibility index (Phi) is 5.99. The summed E-state index contributed by atoms with van der Waals surface area (Å²) in [6, 6.07) is 11.4. The van der Waals surface area contributed by atoms with Crippen LogP contribution < -0.4 is 5.32 Å². The second-order valence-electron chi connectivity index (χ2n) is 5.31. The predicted molar refractivity (Wildman–Crippen MR) is 91.6 cm³/mol. The molecule has 0 saturated heterocycles. The monoisotopic (exact) mass is 354 g/mol. The highest BCUT2D eigenvalue weighted by molar-refractivity contribution is 6.33. The van der Waals surface area contributed by atoms with Crippen LogP contribution in [0.25, 0.3) is 0 Å². The first-order valence-electron chi connectivity index (χ1n) is 7.05. The van der Waals surface area contributed by atoms with Crippen molar-refractivity contribution in [2.45, 2.75) is 6.04 Å². The molecule has 6 heteroatoms. The summed E-state index contributed by atoms with van der Waals surface area (Å²) in [5, 5.41) is 3.42. The Morgan fingerprint density at radius 2 is 1.78 bits per heavy atom. The highest BCUT2D eigenvalue weighted by atomic mass is 35.5. The molecular formula is C17H17Cl2FN2O. The van der Waals surface area contributed by atoms with Gasteiger partial charge in [0.05, 0.1) is 16.6 Å². The quantitative estimate of drug-likeness (QED) is 0.873. The first-order valence-corrected chi connectivity index (χ1v) is 7.80. The number of halogens is 3. The van der Waals surface area contributed by atoms with Gasteiger partial charge < -0.3 is 10.2 Å². The van der Waals surface area contributed by atoms with Gasteiger partial charge in [0.25, 0.3) is 5.91 Å². The third-order valence-corrected chi connectivity index (χ3v) is 4.19. The molecule has 0 aromatic heterocycles. The summed E-state index contributed by atoms with van der Waals surface area (Å²) in [6.45, 7) is 0.278. The number of rotatable bonds is 5. The van der Waals surface area contributed by atoms with E-state index in [1.165, 1.54) is 18.2 Å². The molecule has 0 aliphatic rings. The van der Waals surface area contributed by atoms with Crippen LogP contribution in [0.1, 0.15) is 22.0 Å². The average molecular weight is 355 g/mol. The molecule has 1 atom stereocenters. The summed E-state index contributed by atoms with van der Waals surface area (Å²) < 4.78 is 13.8. The SMILES string of the molecule is CN(C)C(CNC(=O)c1c(F)cccc1Cl)c1ccccc1Cl. The fourth-order valence-corrected chi connectivity index (χ4v) is 2.82. The van der Waals surface area contributed by atoms with Gasteiger partial charge in [-0.2, -0.15) is 0 Å². The zero-order valence-electron chi connectivity index (χ0n) is 12.8. The van der Waals surface area contributed by atoms with E-state index in [1.807, 2.05) is 37.2 Å². The predicted octanol–water partition coefficient (Wildman–Crippen LogP) is 4.17. The highest BCUT2D eigenvalue weighted by Crippen LogP contribution is 2.26. The largest absolute Gasteiger partial charge is 0.350 e. The summed E-state index contributed by atoms with van der Waals surface area (Å²) in [5.74, 6) is -1.19. The van der Waals surface area contributed by atoms with Crippen LogP contribution in [0.4, 0.5) is 4.39 Å². The molecule has 0 heterocycles. The standard InChI is InChI=1S/C17H17Cl2FN2O/c1-22(2)15(11-6-3-4-7-12(11)18)10-21-17(23)16-13(19)8-5-9-14(16)20/h3-9,15H,10H2,1-2H3,(H,21,23). The van der Waals surface area contributed by atoms with Crippen molar-refractivity contribution < 1.29 is 9.18 Å². The molecule has 1 N–H and O–H groups in total. The number of likely N-dealkylation sites (N-methyl/N-ethyl adjacent to an activating group) is 1. The van der Waals surface area contributed by atoms with Crippen molar-refractivity contribution in [1.82, 2.24) is 10.2 Å². The van der Waals surface area contributed by atoms with Gasteiger partial charge in [0.1, 0.15) is 5.82 Å². The van der Waals surface area contributed by atoms with E-state index in [4.69, 9.17) is 23.2 Å². The third kappa shape index (κ3) is 4.22. The highest BCUT2D eigenvalue weighted by Gasteiger charge is 2.20. The van der Waals surface area contributed by atoms with Crippen LogP contribution >= 0.6 is 23.2 Å². The van der Waals surface area contributed by atoms with Gasteiger partial charge in [0.15, 0.2) is 0 Å². The van der Waals surface area contributed by atoms with E-state index in [-0.39, 0.29) is 23.2 Å². The molecule has 1 unspecified atom stereocenters. The van der Waals surface area contributed by atoms with Crippen LogP contribution in [0.5, 0.6) is 0 Å². The van der Waals surface area contributed by atoms with E-state index in [0.717, 1.165) is 5.56 Å². The minimum Gasteiger partial charge on any atom is -0.350 e. The van der Waals surface area contributed by atoms with Gasteiger partial charge in [-0.05, 0) is 37.9 Å². The van der Waals surface area contributed by atoms with Crippen LogP contribution in [-0.2, 0) is 0 Å². The summed E-state index contributed by atoms with van der Waals surface area (Å²) >= 11 is 12.1. The molecule has 122 valence electrons. The molecule has 0 aliphatic heterocycles. The number of amides is 1. The number of benzene rings is 2. The van der Waals surface area contributed by atoms with Gasteiger partial charge in [-0.15, -0.1) is 0 Å². The number of nitrogens with one attached hydrogen (secondary N) is 1. The molecule has 2 aromatic carbocycles. The van der Waals surface area contributed by atoms with Crippen LogP contribution in [0, 0.1) is 5.82 Å². The number of nitrogens with zero attached hydrogens (tertiary/aromatic N) is 1. The van der Waals surface area contributed by atoms with E-state index in [0.29, 0.717) is 5.02 Å². The molecule has 2 aromatic rings. The molecule has 0 saturated carbocycles. The number of hydrogen-bond acceptors (Lipinski definition) is 2. The molecule has 0 fully saturated rings. The van der Waals surface area contributed by atoms with Crippen molar-refractivity contribution in [3.63, 3.8) is 0 Å². The summed E-state index contributed by atoms with van der Waals surface area (Å²) in [5.41, 5.74) is 0.741. The van der Waals surface area contributed by atoms with Gasteiger partial charge in [-0.25, -0.2) is 4.39 Å². The van der Waals surface area contributed by atoms with Crippen molar-refractivity contribution >= 4 is 29.1 Å². The number of carbonyl (C=O) groups excluding carboxylic acids is 1. The normalized spacial score (nSPS) is 12.3. The molecular weight excluding hydrogens is 338 g/mol. The molecule has 2 rings (SSSR count). The molecule has 23 heavy (non-hydrogen) atoms. The van der Waals surface area contributed by atoms with Gasteiger partial charge in [-0.1, -0.05) is 47.5 Å². The Labute approximate surface area is 145 Å². The first-order chi connectivity index (χ1) is 10.9. The number of hydrogen-bond donors (Lipinski definition) is 1. The Morgan fingerprint density at radius 3 is 2.39 bits per heavy atom. The Bertz CT molecular complexity index is 686. The third-order valence-electron chi connectivity index (χ3n) is 3.53. The lowest BCUT2D eigenvalue weighted by atomic mass is 10.1. The lowest BCUT2D eigenvalue weighted by Gasteiger charge is -2.26. The number of carbonyl (C=O) groups is 1. The molecule has 3 nitrogen and oxygen atoms in total. The second kappa shape index (κ2) is 7.77. The lowest BCUT2D eigenvalue weighted by Crippen LogP contribution is -2.35. The van der Waals surface area contributed by atoms with Gasteiger partial charge in [0, 0.05) is 11.6 Å². The zero-order chi connectivity index (χ0) is 17.0. The summed E-state index contributed by atoms with van der Waals surface area (Å²) in [6.07, 6.45) is 0. The van der Waals surface area contributed by atoms with Crippen molar-refractivity contribution in [2.24, 2.45) is 0 Å². The lowest BCUT2D eigenvalue weighted by molar-refractivity contribution is 0.0938. The van der Waals surface area contributed by atoms with Crippen LogP contribution in [0.15, 0.2) is 42.5 Å². The Morgan fingerprint density at radius 1 is 1.13 bits per heavy atom. The summed E-state index contributed by atoms with van der Waals surface area (Å²) in [7, 11) is 3.77. The molecule has 0 aliphatic carbocycles. The minimum absolute atomic E-state index is 0.0849. The van der Waals surface area contributed by atoms with E-state index in [9.17, 15) is 9.18 Å². The smallest absolute Gasteiger partial charge is 0.255 e. The second-order valence-corrected chi connectivity index (χ2v) is 6.12. The van der Waals surface area contributed by atoms with Gasteiger partial charge in [-0.3, -0.25) is 4.79 Å². The Balaban J connectivity index is 2.17. The fourth-order valence-electron chi connectivity index (χ4n) is 2.31. The Hall–Kier alpha value is -1.62. The average Bonchev–Trinajstić information content (AvgIpc) is 2.48. The van der Waals surface area contributed by atoms with E-state index in [1.54, 1.807) is 6.07 Å². The zero-order valence-corrected chi connectivity index (χ0v) is 14.3. The minimum atomic E-state index is -0.644. The summed E-state index contributed by atoms with van der Waals surface area (Å²) in [4.78, 5) is 14.2. The van der Waals surface area contributed by atoms with E-state index >= 15 is 0 Å². The van der Waals surface area contributed by atoms with Crippen molar-refractivity contribution in [3.05, 3.63) is 69.5 Å². The first kappa shape index (κ1) is 17.7. The van der Waals surface area contributed by atoms with Crippen LogP contribution in [0.3, 0.4) is 0 Å². The van der Waals surface area contributed by atoms with Crippen LogP contribution in [0.2, 0.25) is 10.0 Å². The maximum atomic E-state index is 13.8. The molecule has 0 spiro atoms. The van der Waals surface area contributed by atoms with Crippen molar-refractivity contribution in [2.75, 3.05) is 20.6 Å². The van der Waals surface area contributed by atoms with Crippen LogP contribution in [-0.4, -0.2) is 31.4 Å². The van der Waals surface area contributed by atoms with E-state index < -0.39 is 11.7 Å². The molecule has 0 radical (unpaired) electrons. The maximum Gasteiger partial charge on any atom is 0.255 e. The molecule has 0 bridgehead atoms. The fraction of sp³-hybridized carbons (Fsp3) is 0.235. The van der Waals surface area contributed by atoms with Crippen molar-refractivity contribution in [3.8, 4) is 0 Å². The van der Waals surface area contributed by atoms with E-state index in [2.05, 4.69) is 5.32 Å². The topological polar surface area (TPSA) is 32.3 Å². The molecule has 1 amide bonds.